The topological polar surface area (TPSA) is 41.1 Å². The van der Waals surface area contributed by atoms with E-state index in [2.05, 4.69) is 48.7 Å². The van der Waals surface area contributed by atoms with Crippen molar-refractivity contribution < 1.29 is 4.79 Å². The van der Waals surface area contributed by atoms with Gasteiger partial charge < -0.3 is 10.6 Å². The predicted molar refractivity (Wildman–Crippen MR) is 75.9 cm³/mol. The van der Waals surface area contributed by atoms with Crippen LogP contribution in [0.4, 0.5) is 4.79 Å². The minimum Gasteiger partial charge on any atom is -0.338 e. The van der Waals surface area contributed by atoms with Gasteiger partial charge in [-0.25, -0.2) is 4.79 Å². The zero-order valence-electron chi connectivity index (χ0n) is 11.6. The van der Waals surface area contributed by atoms with Gasteiger partial charge in [-0.1, -0.05) is 45.0 Å². The third-order valence-corrected chi connectivity index (χ3v) is 2.88. The molecule has 1 aromatic rings. The van der Waals surface area contributed by atoms with Crippen molar-refractivity contribution in [2.75, 3.05) is 13.1 Å². The van der Waals surface area contributed by atoms with Gasteiger partial charge in [-0.3, -0.25) is 0 Å². The largest absolute Gasteiger partial charge is 0.338 e. The minimum atomic E-state index is -0.0735. The Hall–Kier alpha value is -1.51. The molecule has 0 spiro atoms. The van der Waals surface area contributed by atoms with E-state index in [9.17, 15) is 4.79 Å². The van der Waals surface area contributed by atoms with E-state index in [0.717, 1.165) is 19.4 Å². The van der Waals surface area contributed by atoms with Gasteiger partial charge in [-0.2, -0.15) is 0 Å². The summed E-state index contributed by atoms with van der Waals surface area (Å²) in [5, 5.41) is 5.65. The zero-order valence-corrected chi connectivity index (χ0v) is 11.6. The second-order valence-electron chi connectivity index (χ2n) is 4.83. The van der Waals surface area contributed by atoms with E-state index in [4.69, 9.17) is 0 Å². The molecule has 3 nitrogen and oxygen atoms in total. The van der Waals surface area contributed by atoms with Gasteiger partial charge in [0.15, 0.2) is 0 Å². The summed E-state index contributed by atoms with van der Waals surface area (Å²) in [6.07, 6.45) is 1.84. The number of hydrogen-bond acceptors (Lipinski definition) is 1. The molecule has 0 aliphatic carbocycles. The van der Waals surface area contributed by atoms with Crippen molar-refractivity contribution in [3.63, 3.8) is 0 Å². The van der Waals surface area contributed by atoms with Gasteiger partial charge in [-0.15, -0.1) is 0 Å². The van der Waals surface area contributed by atoms with E-state index < -0.39 is 0 Å². The highest BCUT2D eigenvalue weighted by Crippen LogP contribution is 2.14. The molecule has 18 heavy (non-hydrogen) atoms. The number of nitrogens with one attached hydrogen (secondary N) is 2. The van der Waals surface area contributed by atoms with Crippen molar-refractivity contribution in [1.82, 2.24) is 10.6 Å². The first-order valence-corrected chi connectivity index (χ1v) is 6.74. The molecule has 0 unspecified atom stereocenters. The Morgan fingerprint density at radius 3 is 2.28 bits per heavy atom. The molecule has 2 amide bonds. The monoisotopic (exact) mass is 248 g/mol. The normalized spacial score (nSPS) is 10.4. The molecule has 0 aliphatic rings. The molecule has 0 aromatic heterocycles. The SMILES string of the molecule is CCCNC(=O)NCCc1ccc(C(C)C)cc1. The molecule has 0 heterocycles. The number of amides is 2. The number of benzene rings is 1. The number of hydrogen-bond donors (Lipinski definition) is 2. The summed E-state index contributed by atoms with van der Waals surface area (Å²) in [6, 6.07) is 8.53. The summed E-state index contributed by atoms with van der Waals surface area (Å²) in [4.78, 5) is 11.3. The molecule has 100 valence electrons. The van der Waals surface area contributed by atoms with Crippen LogP contribution in [0.15, 0.2) is 24.3 Å². The summed E-state index contributed by atoms with van der Waals surface area (Å²) in [5.41, 5.74) is 2.61. The molecule has 0 radical (unpaired) electrons. The van der Waals surface area contributed by atoms with Crippen LogP contribution >= 0.6 is 0 Å². The van der Waals surface area contributed by atoms with Crippen LogP contribution in [0.3, 0.4) is 0 Å². The highest BCUT2D eigenvalue weighted by Gasteiger charge is 2.00. The van der Waals surface area contributed by atoms with E-state index in [1.807, 2.05) is 6.92 Å². The molecular formula is C15H24N2O. The van der Waals surface area contributed by atoms with Crippen LogP contribution in [0.1, 0.15) is 44.2 Å². The quantitative estimate of drug-likeness (QED) is 0.798. The van der Waals surface area contributed by atoms with E-state index in [1.54, 1.807) is 0 Å². The van der Waals surface area contributed by atoms with E-state index in [1.165, 1.54) is 11.1 Å². The standard InChI is InChI=1S/C15H24N2O/c1-4-10-16-15(18)17-11-9-13-5-7-14(8-6-13)12(2)3/h5-8,12H,4,9-11H2,1-3H3,(H2,16,17,18). The van der Waals surface area contributed by atoms with Crippen LogP contribution in [0.5, 0.6) is 0 Å². The second kappa shape index (κ2) is 7.75. The fraction of sp³-hybridized carbons (Fsp3) is 0.533. The molecule has 2 N–H and O–H groups in total. The molecule has 0 saturated carbocycles. The van der Waals surface area contributed by atoms with Crippen molar-refractivity contribution in [1.29, 1.82) is 0 Å². The first kappa shape index (κ1) is 14.6. The summed E-state index contributed by atoms with van der Waals surface area (Å²) in [5.74, 6) is 0.567. The van der Waals surface area contributed by atoms with E-state index >= 15 is 0 Å². The van der Waals surface area contributed by atoms with Gasteiger partial charge in [-0.05, 0) is 29.9 Å². The van der Waals surface area contributed by atoms with Gasteiger partial charge in [0, 0.05) is 13.1 Å². The minimum absolute atomic E-state index is 0.0735. The first-order valence-electron chi connectivity index (χ1n) is 6.74. The molecule has 3 heteroatoms. The molecule has 0 bridgehead atoms. The van der Waals surface area contributed by atoms with E-state index in [0.29, 0.717) is 12.5 Å². The molecule has 1 rings (SSSR count). The molecule has 0 saturated heterocycles. The number of rotatable bonds is 6. The van der Waals surface area contributed by atoms with Crippen LogP contribution in [0.25, 0.3) is 0 Å². The Kier molecular flexibility index (Phi) is 6.26. The van der Waals surface area contributed by atoms with Crippen molar-refractivity contribution in [3.05, 3.63) is 35.4 Å². The zero-order chi connectivity index (χ0) is 13.4. The van der Waals surface area contributed by atoms with Crippen molar-refractivity contribution in [2.45, 2.75) is 39.5 Å². The lowest BCUT2D eigenvalue weighted by Gasteiger charge is -2.08. The number of carbonyl (C=O) groups excluding carboxylic acids is 1. The highest BCUT2D eigenvalue weighted by molar-refractivity contribution is 5.73. The van der Waals surface area contributed by atoms with Crippen molar-refractivity contribution in [2.24, 2.45) is 0 Å². The Labute approximate surface area is 110 Å². The lowest BCUT2D eigenvalue weighted by atomic mass is 10.0. The average molecular weight is 248 g/mol. The first-order chi connectivity index (χ1) is 8.63. The van der Waals surface area contributed by atoms with E-state index in [-0.39, 0.29) is 6.03 Å². The van der Waals surface area contributed by atoms with Crippen LogP contribution in [-0.2, 0) is 6.42 Å². The van der Waals surface area contributed by atoms with Gasteiger partial charge in [0.25, 0.3) is 0 Å². The molecule has 0 fully saturated rings. The fourth-order valence-electron chi connectivity index (χ4n) is 1.69. The maximum absolute atomic E-state index is 11.3. The van der Waals surface area contributed by atoms with Crippen LogP contribution in [0.2, 0.25) is 0 Å². The third kappa shape index (κ3) is 5.21. The summed E-state index contributed by atoms with van der Waals surface area (Å²) in [7, 11) is 0. The van der Waals surface area contributed by atoms with Crippen LogP contribution < -0.4 is 10.6 Å². The molecule has 0 aliphatic heterocycles. The Morgan fingerprint density at radius 1 is 1.11 bits per heavy atom. The smallest absolute Gasteiger partial charge is 0.314 e. The Bertz CT molecular complexity index is 357. The predicted octanol–water partition coefficient (Wildman–Crippen LogP) is 3.06. The lowest BCUT2D eigenvalue weighted by molar-refractivity contribution is 0.241. The fourth-order valence-corrected chi connectivity index (χ4v) is 1.69. The van der Waals surface area contributed by atoms with Gasteiger partial charge in [0.1, 0.15) is 0 Å². The maximum Gasteiger partial charge on any atom is 0.314 e. The summed E-state index contributed by atoms with van der Waals surface area (Å²) in [6.45, 7) is 7.82. The van der Waals surface area contributed by atoms with Gasteiger partial charge >= 0.3 is 6.03 Å². The van der Waals surface area contributed by atoms with Crippen LogP contribution in [-0.4, -0.2) is 19.1 Å². The van der Waals surface area contributed by atoms with Gasteiger partial charge in [0.05, 0.1) is 0 Å². The Balaban J connectivity index is 2.29. The molecule has 1 aromatic carbocycles. The molecule has 0 atom stereocenters. The van der Waals surface area contributed by atoms with Crippen LogP contribution in [0, 0.1) is 0 Å². The number of carbonyl (C=O) groups is 1. The molecular weight excluding hydrogens is 224 g/mol. The Morgan fingerprint density at radius 2 is 1.72 bits per heavy atom. The maximum atomic E-state index is 11.3. The summed E-state index contributed by atoms with van der Waals surface area (Å²) < 4.78 is 0. The average Bonchev–Trinajstić information content (AvgIpc) is 2.37. The van der Waals surface area contributed by atoms with Gasteiger partial charge in [0.2, 0.25) is 0 Å². The second-order valence-corrected chi connectivity index (χ2v) is 4.83. The summed E-state index contributed by atoms with van der Waals surface area (Å²) >= 11 is 0. The lowest BCUT2D eigenvalue weighted by Crippen LogP contribution is -2.36. The van der Waals surface area contributed by atoms with Crippen molar-refractivity contribution >= 4 is 6.03 Å². The van der Waals surface area contributed by atoms with Crippen molar-refractivity contribution in [3.8, 4) is 0 Å². The highest BCUT2D eigenvalue weighted by atomic mass is 16.2. The third-order valence-electron chi connectivity index (χ3n) is 2.88. The number of urea groups is 1.